The third kappa shape index (κ3) is 4.39. The van der Waals surface area contributed by atoms with Crippen molar-refractivity contribution in [2.45, 2.75) is 65.9 Å². The summed E-state index contributed by atoms with van der Waals surface area (Å²) in [5.74, 6) is -5.29. The van der Waals surface area contributed by atoms with Gasteiger partial charge in [0.05, 0.1) is 5.56 Å². The molecule has 0 radical (unpaired) electrons. The molecule has 7 heteroatoms. The van der Waals surface area contributed by atoms with Gasteiger partial charge in [0, 0.05) is 22.3 Å². The van der Waals surface area contributed by atoms with Crippen LogP contribution in [0.1, 0.15) is 63.3 Å². The number of carbonyl (C=O) groups excluding carboxylic acids is 3. The number of aliphatic hydroxyl groups excluding tert-OH is 2. The number of carbonyl (C=O) groups is 3. The van der Waals surface area contributed by atoms with Crippen molar-refractivity contribution in [1.29, 1.82) is 0 Å². The number of Topliss-reactive ketones (excluding diaryl/α,β-unsaturated/α-hetero) is 3. The lowest BCUT2D eigenvalue weighted by molar-refractivity contribution is -0.178. The highest BCUT2D eigenvalue weighted by molar-refractivity contribution is 6.24. The average Bonchev–Trinajstić information content (AvgIpc) is 2.98. The summed E-state index contributed by atoms with van der Waals surface area (Å²) in [6, 6.07) is 21.7. The van der Waals surface area contributed by atoms with E-state index in [1.54, 1.807) is 26.8 Å². The van der Waals surface area contributed by atoms with Gasteiger partial charge in [-0.1, -0.05) is 88.4 Å². The van der Waals surface area contributed by atoms with Gasteiger partial charge in [-0.3, -0.25) is 14.4 Å². The molecule has 0 aliphatic heterocycles. The molecule has 4 N–H and O–H groups in total. The summed E-state index contributed by atoms with van der Waals surface area (Å²) in [6.07, 6.45) is 2.06. The highest BCUT2D eigenvalue weighted by Crippen LogP contribution is 2.65. The fourth-order valence-electron chi connectivity index (χ4n) is 8.77. The summed E-state index contributed by atoms with van der Waals surface area (Å²) in [6.45, 7) is 8.13. The molecular formula is C39H40O7. The zero-order valence-electron chi connectivity index (χ0n) is 26.8. The monoisotopic (exact) mass is 620 g/mol. The van der Waals surface area contributed by atoms with Crippen LogP contribution >= 0.6 is 0 Å². The first kappa shape index (κ1) is 31.5. The quantitative estimate of drug-likeness (QED) is 0.227. The predicted octanol–water partition coefficient (Wildman–Crippen LogP) is 6.64. The number of fused-ring (bicyclic) bond motifs is 3. The fraction of sp³-hybridized carbons (Fsp3) is 0.359. The average molecular weight is 621 g/mol. The van der Waals surface area contributed by atoms with E-state index in [0.29, 0.717) is 5.56 Å². The Labute approximate surface area is 268 Å². The summed E-state index contributed by atoms with van der Waals surface area (Å²) >= 11 is 0. The van der Waals surface area contributed by atoms with Gasteiger partial charge in [0.1, 0.15) is 22.8 Å². The Bertz CT molecular complexity index is 1850. The van der Waals surface area contributed by atoms with Crippen LogP contribution in [0.5, 0.6) is 5.75 Å². The van der Waals surface area contributed by atoms with Crippen LogP contribution in [-0.4, -0.2) is 43.4 Å². The number of benzene rings is 3. The van der Waals surface area contributed by atoms with Crippen molar-refractivity contribution < 1.29 is 34.8 Å². The zero-order valence-corrected chi connectivity index (χ0v) is 26.8. The van der Waals surface area contributed by atoms with Gasteiger partial charge in [0.15, 0.2) is 17.2 Å². The van der Waals surface area contributed by atoms with E-state index < -0.39 is 56.8 Å². The Kier molecular flexibility index (Phi) is 7.40. The molecule has 1 unspecified atom stereocenters. The SMILES string of the molecule is CC(=O)C1=C(O)[C@]2(O)C(=O)C3=C(O)c4c(O)ccc(-c5ccc(CCc6ccccc6)cc5)c4C[C@]3(C)C[C@]2(C)C(C(C)C)C1=O. The van der Waals surface area contributed by atoms with Crippen LogP contribution in [0.3, 0.4) is 0 Å². The Morgan fingerprint density at radius 2 is 1.50 bits per heavy atom. The van der Waals surface area contributed by atoms with Crippen molar-refractivity contribution >= 4 is 23.1 Å². The molecule has 7 nitrogen and oxygen atoms in total. The number of hydrogen-bond acceptors (Lipinski definition) is 7. The summed E-state index contributed by atoms with van der Waals surface area (Å²) in [7, 11) is 0. The van der Waals surface area contributed by atoms with Crippen molar-refractivity contribution in [1.82, 2.24) is 0 Å². The molecule has 0 heterocycles. The summed E-state index contributed by atoms with van der Waals surface area (Å²) in [4.78, 5) is 40.8. The van der Waals surface area contributed by atoms with Crippen LogP contribution in [-0.2, 0) is 33.6 Å². The van der Waals surface area contributed by atoms with Gasteiger partial charge in [-0.05, 0) is 72.4 Å². The van der Waals surface area contributed by atoms with E-state index in [1.165, 1.54) is 17.2 Å². The van der Waals surface area contributed by atoms with Crippen molar-refractivity contribution in [2.24, 2.45) is 22.7 Å². The lowest BCUT2D eigenvalue weighted by Crippen LogP contribution is -2.69. The van der Waals surface area contributed by atoms with Gasteiger partial charge in [0.25, 0.3) is 0 Å². The van der Waals surface area contributed by atoms with E-state index >= 15 is 0 Å². The van der Waals surface area contributed by atoms with Crippen molar-refractivity contribution in [2.75, 3.05) is 0 Å². The first-order chi connectivity index (χ1) is 21.7. The number of aliphatic hydroxyl groups is 3. The lowest BCUT2D eigenvalue weighted by Gasteiger charge is -2.59. The van der Waals surface area contributed by atoms with Gasteiger partial charge in [-0.15, -0.1) is 0 Å². The van der Waals surface area contributed by atoms with Gasteiger partial charge in [-0.25, -0.2) is 0 Å². The normalized spacial score (nSPS) is 27.4. The topological polar surface area (TPSA) is 132 Å². The Hall–Kier alpha value is -4.49. The highest BCUT2D eigenvalue weighted by Gasteiger charge is 2.72. The summed E-state index contributed by atoms with van der Waals surface area (Å²) < 4.78 is 0. The first-order valence-corrected chi connectivity index (χ1v) is 15.8. The number of allylic oxidation sites excluding steroid dienone is 1. The van der Waals surface area contributed by atoms with Crippen LogP contribution < -0.4 is 0 Å². The van der Waals surface area contributed by atoms with Crippen LogP contribution in [0.15, 0.2) is 83.6 Å². The molecule has 3 aromatic carbocycles. The minimum atomic E-state index is -2.63. The summed E-state index contributed by atoms with van der Waals surface area (Å²) in [5.41, 5.74) is -1.06. The second-order valence-corrected chi connectivity index (χ2v) is 14.1. The van der Waals surface area contributed by atoms with E-state index in [2.05, 4.69) is 24.3 Å². The maximum Gasteiger partial charge on any atom is 0.203 e. The van der Waals surface area contributed by atoms with E-state index in [9.17, 15) is 34.8 Å². The Morgan fingerprint density at radius 3 is 2.09 bits per heavy atom. The molecule has 3 aromatic rings. The minimum absolute atomic E-state index is 0.0540. The second-order valence-electron chi connectivity index (χ2n) is 14.1. The maximum absolute atomic E-state index is 14.5. The minimum Gasteiger partial charge on any atom is -0.508 e. The molecule has 1 fully saturated rings. The molecule has 3 aliphatic rings. The fourth-order valence-corrected chi connectivity index (χ4v) is 8.77. The number of ketones is 3. The lowest BCUT2D eigenvalue weighted by atomic mass is 9.43. The molecule has 4 atom stereocenters. The van der Waals surface area contributed by atoms with Gasteiger partial charge < -0.3 is 20.4 Å². The Balaban J connectivity index is 1.47. The van der Waals surface area contributed by atoms with E-state index in [4.69, 9.17) is 0 Å². The number of aryl methyl sites for hydroxylation is 2. The third-order valence-electron chi connectivity index (χ3n) is 10.7. The van der Waals surface area contributed by atoms with Crippen LogP contribution in [0.25, 0.3) is 16.9 Å². The van der Waals surface area contributed by atoms with Crippen LogP contribution in [0.2, 0.25) is 0 Å². The largest absolute Gasteiger partial charge is 0.508 e. The number of aromatic hydroxyl groups is 1. The molecule has 238 valence electrons. The first-order valence-electron chi connectivity index (χ1n) is 15.8. The molecule has 0 bridgehead atoms. The smallest absolute Gasteiger partial charge is 0.203 e. The van der Waals surface area contributed by atoms with Gasteiger partial charge in [0.2, 0.25) is 5.78 Å². The van der Waals surface area contributed by atoms with Crippen LogP contribution in [0.4, 0.5) is 0 Å². The molecule has 0 aromatic heterocycles. The van der Waals surface area contributed by atoms with Crippen molar-refractivity contribution in [3.05, 3.63) is 106 Å². The predicted molar refractivity (Wildman–Crippen MR) is 175 cm³/mol. The summed E-state index contributed by atoms with van der Waals surface area (Å²) in [5, 5.41) is 46.4. The second kappa shape index (κ2) is 10.8. The molecule has 46 heavy (non-hydrogen) atoms. The van der Waals surface area contributed by atoms with Crippen LogP contribution in [0, 0.1) is 22.7 Å². The maximum atomic E-state index is 14.5. The zero-order chi connectivity index (χ0) is 33.3. The standard InChI is InChI=1S/C39H40O7/c1-21(2)31-33(42)29(22(3)40)35(44)39(46)36(45)32-34(43)30-27(19-37(32,4)20-38(31,39)5)26(17-18-28(30)41)25-15-13-24(14-16-25)12-11-23-9-7-6-8-10-23/h6-10,13-18,21,31,41,43-44,46H,11-12,19-20H2,1-5H3/t31?,37-,38-,39+/m1/s1. The van der Waals surface area contributed by atoms with Gasteiger partial charge >= 0.3 is 0 Å². The molecule has 0 spiro atoms. The van der Waals surface area contributed by atoms with E-state index in [1.807, 2.05) is 37.3 Å². The van der Waals surface area contributed by atoms with Crippen molar-refractivity contribution in [3.8, 4) is 16.9 Å². The molecule has 0 saturated heterocycles. The number of rotatable bonds is 6. The number of phenols is 1. The molecular weight excluding hydrogens is 580 g/mol. The molecule has 1 saturated carbocycles. The van der Waals surface area contributed by atoms with Crippen molar-refractivity contribution in [3.63, 3.8) is 0 Å². The molecule has 0 amide bonds. The van der Waals surface area contributed by atoms with E-state index in [0.717, 1.165) is 30.9 Å². The number of phenolic OH excluding ortho intramolecular Hbond substituents is 1. The van der Waals surface area contributed by atoms with Gasteiger partial charge in [-0.2, -0.15) is 0 Å². The Morgan fingerprint density at radius 1 is 0.891 bits per heavy atom. The van der Waals surface area contributed by atoms with E-state index in [-0.39, 0.29) is 35.6 Å². The molecule has 6 rings (SSSR count). The highest BCUT2D eigenvalue weighted by atomic mass is 16.3. The third-order valence-corrected chi connectivity index (χ3v) is 10.7. The number of hydrogen-bond donors (Lipinski definition) is 4. The molecule has 3 aliphatic carbocycles.